The highest BCUT2D eigenvalue weighted by atomic mass is 35.5. The van der Waals surface area contributed by atoms with Crippen LogP contribution in [0.25, 0.3) is 0 Å². The Hall–Kier alpha value is -2.84. The highest BCUT2D eigenvalue weighted by Gasteiger charge is 2.09. The van der Waals surface area contributed by atoms with Crippen LogP contribution in [0, 0.1) is 0 Å². The van der Waals surface area contributed by atoms with E-state index in [9.17, 15) is 0 Å². The number of benzene rings is 2. The van der Waals surface area contributed by atoms with Gasteiger partial charge >= 0.3 is 0 Å². The van der Waals surface area contributed by atoms with Gasteiger partial charge in [0.25, 0.3) is 0 Å². The van der Waals surface area contributed by atoms with Crippen LogP contribution in [-0.4, -0.2) is 34.1 Å². The molecular formula is C18H18ClN5O2S. The third kappa shape index (κ3) is 5.08. The van der Waals surface area contributed by atoms with Gasteiger partial charge in [-0.15, -0.1) is 5.10 Å². The molecule has 9 heteroatoms. The molecule has 140 valence electrons. The summed E-state index contributed by atoms with van der Waals surface area (Å²) in [4.78, 5) is 4.22. The molecule has 7 nitrogen and oxygen atoms in total. The maximum atomic E-state index is 6.01. The summed E-state index contributed by atoms with van der Waals surface area (Å²) in [7, 11) is 3.18. The summed E-state index contributed by atoms with van der Waals surface area (Å²) in [6.07, 6.45) is 1.62. The Morgan fingerprint density at radius 2 is 2.00 bits per heavy atom. The minimum absolute atomic E-state index is 0.335. The Balaban J connectivity index is 1.64. The number of hydrogen-bond acceptors (Lipinski definition) is 5. The summed E-state index contributed by atoms with van der Waals surface area (Å²) in [5, 5.41) is 11.4. The molecule has 0 aliphatic rings. The molecule has 0 bridgehead atoms. The van der Waals surface area contributed by atoms with Crippen molar-refractivity contribution >= 4 is 40.6 Å². The van der Waals surface area contributed by atoms with Crippen LogP contribution in [0.3, 0.4) is 0 Å². The second-order valence-corrected chi connectivity index (χ2v) is 6.39. The highest BCUT2D eigenvalue weighted by molar-refractivity contribution is 7.80. The number of nitrogens with one attached hydrogen (secondary N) is 2. The van der Waals surface area contributed by atoms with Crippen LogP contribution in [-0.2, 0) is 6.54 Å². The summed E-state index contributed by atoms with van der Waals surface area (Å²) < 4.78 is 12.2. The van der Waals surface area contributed by atoms with E-state index in [4.69, 9.17) is 33.3 Å². The van der Waals surface area contributed by atoms with Crippen LogP contribution in [0.2, 0.25) is 5.02 Å². The lowest BCUT2D eigenvalue weighted by Gasteiger charge is -2.13. The summed E-state index contributed by atoms with van der Waals surface area (Å²) in [6, 6.07) is 13.0. The molecule has 1 aromatic heterocycles. The second kappa shape index (κ2) is 8.70. The number of thiocarbonyl (C=S) groups is 1. The van der Waals surface area contributed by atoms with E-state index in [2.05, 4.69) is 20.7 Å². The smallest absolute Gasteiger partial charge is 0.248 e. The number of anilines is 2. The van der Waals surface area contributed by atoms with Gasteiger partial charge in [-0.05, 0) is 42.0 Å². The van der Waals surface area contributed by atoms with Crippen LogP contribution in [0.5, 0.6) is 11.5 Å². The van der Waals surface area contributed by atoms with Gasteiger partial charge in [0.15, 0.2) is 5.11 Å². The number of ether oxygens (including phenoxy) is 2. The standard InChI is InChI=1S/C18H18ClN5O2S/c1-25-14-6-7-16(26-2)15(9-14)21-18(27)22-17-20-11-24(23-17)10-12-4-3-5-13(19)8-12/h3-9,11H,10H2,1-2H3,(H2,21,22,23,27). The van der Waals surface area contributed by atoms with Gasteiger partial charge in [-0.3, -0.25) is 5.32 Å². The minimum atomic E-state index is 0.335. The molecule has 0 saturated carbocycles. The molecule has 0 amide bonds. The van der Waals surface area contributed by atoms with Crippen molar-refractivity contribution in [3.05, 3.63) is 59.4 Å². The maximum Gasteiger partial charge on any atom is 0.248 e. The number of aromatic nitrogens is 3. The summed E-state index contributed by atoms with van der Waals surface area (Å²) in [5.74, 6) is 1.71. The summed E-state index contributed by atoms with van der Waals surface area (Å²) >= 11 is 11.3. The first-order valence-electron chi connectivity index (χ1n) is 8.01. The van der Waals surface area contributed by atoms with Crippen molar-refractivity contribution in [2.24, 2.45) is 0 Å². The lowest BCUT2D eigenvalue weighted by atomic mass is 10.2. The topological polar surface area (TPSA) is 73.2 Å². The van der Waals surface area contributed by atoms with Gasteiger partial charge in [0.1, 0.15) is 17.8 Å². The number of methoxy groups -OCH3 is 2. The van der Waals surface area contributed by atoms with Gasteiger partial charge in [0, 0.05) is 11.1 Å². The molecule has 2 N–H and O–H groups in total. The number of nitrogens with zero attached hydrogens (tertiary/aromatic N) is 3. The van der Waals surface area contributed by atoms with Crippen molar-refractivity contribution in [3.63, 3.8) is 0 Å². The minimum Gasteiger partial charge on any atom is -0.497 e. The van der Waals surface area contributed by atoms with E-state index in [1.807, 2.05) is 24.3 Å². The molecule has 3 rings (SSSR count). The zero-order valence-corrected chi connectivity index (χ0v) is 16.3. The molecule has 0 aliphatic heterocycles. The highest BCUT2D eigenvalue weighted by Crippen LogP contribution is 2.28. The predicted octanol–water partition coefficient (Wildman–Crippen LogP) is 3.81. The van der Waals surface area contributed by atoms with Gasteiger partial charge in [-0.25, -0.2) is 9.67 Å². The quantitative estimate of drug-likeness (QED) is 0.606. The van der Waals surface area contributed by atoms with Gasteiger partial charge in [-0.1, -0.05) is 23.7 Å². The SMILES string of the molecule is COc1ccc(OC)c(NC(=S)Nc2ncn(Cc3cccc(Cl)c3)n2)c1. The molecule has 27 heavy (non-hydrogen) atoms. The lowest BCUT2D eigenvalue weighted by molar-refractivity contribution is 0.405. The molecular weight excluding hydrogens is 386 g/mol. The van der Waals surface area contributed by atoms with E-state index in [1.165, 1.54) is 0 Å². The van der Waals surface area contributed by atoms with Gasteiger partial charge in [0.05, 0.1) is 26.5 Å². The van der Waals surface area contributed by atoms with Crippen LogP contribution in [0.15, 0.2) is 48.8 Å². The molecule has 0 aliphatic carbocycles. The van der Waals surface area contributed by atoms with Crippen LogP contribution >= 0.6 is 23.8 Å². The third-order valence-corrected chi connectivity index (χ3v) is 4.09. The van der Waals surface area contributed by atoms with Crippen LogP contribution in [0.1, 0.15) is 5.56 Å². The van der Waals surface area contributed by atoms with E-state index in [-0.39, 0.29) is 0 Å². The molecule has 2 aromatic carbocycles. The Morgan fingerprint density at radius 1 is 1.15 bits per heavy atom. The number of rotatable bonds is 6. The van der Waals surface area contributed by atoms with Crippen molar-refractivity contribution in [3.8, 4) is 11.5 Å². The van der Waals surface area contributed by atoms with Gasteiger partial charge in [0.2, 0.25) is 5.95 Å². The number of hydrogen-bond donors (Lipinski definition) is 2. The average molecular weight is 404 g/mol. The van der Waals surface area contributed by atoms with E-state index < -0.39 is 0 Å². The van der Waals surface area contributed by atoms with Gasteiger partial charge < -0.3 is 14.8 Å². The van der Waals surface area contributed by atoms with Crippen molar-refractivity contribution in [1.82, 2.24) is 14.8 Å². The van der Waals surface area contributed by atoms with E-state index in [0.29, 0.717) is 39.8 Å². The predicted molar refractivity (Wildman–Crippen MR) is 110 cm³/mol. The van der Waals surface area contributed by atoms with E-state index in [1.54, 1.807) is 43.4 Å². The molecule has 0 saturated heterocycles. The first-order chi connectivity index (χ1) is 13.1. The Bertz CT molecular complexity index is 947. The fraction of sp³-hybridized carbons (Fsp3) is 0.167. The van der Waals surface area contributed by atoms with Crippen LogP contribution < -0.4 is 20.1 Å². The molecule has 0 radical (unpaired) electrons. The Kier molecular flexibility index (Phi) is 6.10. The molecule has 0 unspecified atom stereocenters. The number of halogens is 1. The van der Waals surface area contributed by atoms with Gasteiger partial charge in [-0.2, -0.15) is 0 Å². The first kappa shape index (κ1) is 18.9. The van der Waals surface area contributed by atoms with Crippen molar-refractivity contribution in [1.29, 1.82) is 0 Å². The van der Waals surface area contributed by atoms with Crippen molar-refractivity contribution in [2.45, 2.75) is 6.54 Å². The maximum absolute atomic E-state index is 6.01. The largest absolute Gasteiger partial charge is 0.497 e. The zero-order valence-electron chi connectivity index (χ0n) is 14.8. The zero-order chi connectivity index (χ0) is 19.2. The molecule has 3 aromatic rings. The summed E-state index contributed by atoms with van der Waals surface area (Å²) in [5.41, 5.74) is 1.70. The first-order valence-corrected chi connectivity index (χ1v) is 8.80. The van der Waals surface area contributed by atoms with Crippen molar-refractivity contribution < 1.29 is 9.47 Å². The Labute approximate surface area is 167 Å². The molecule has 0 fully saturated rings. The van der Waals surface area contributed by atoms with E-state index in [0.717, 1.165) is 5.56 Å². The summed E-state index contributed by atoms with van der Waals surface area (Å²) in [6.45, 7) is 0.555. The fourth-order valence-electron chi connectivity index (χ4n) is 2.42. The Morgan fingerprint density at radius 3 is 2.74 bits per heavy atom. The normalized spacial score (nSPS) is 10.3. The lowest BCUT2D eigenvalue weighted by Crippen LogP contribution is -2.20. The van der Waals surface area contributed by atoms with E-state index >= 15 is 0 Å². The second-order valence-electron chi connectivity index (χ2n) is 5.54. The fourth-order valence-corrected chi connectivity index (χ4v) is 2.83. The van der Waals surface area contributed by atoms with Crippen LogP contribution in [0.4, 0.5) is 11.6 Å². The molecule has 0 spiro atoms. The molecule has 0 atom stereocenters. The third-order valence-electron chi connectivity index (χ3n) is 3.65. The van der Waals surface area contributed by atoms with Crippen molar-refractivity contribution in [2.75, 3.05) is 24.9 Å². The average Bonchev–Trinajstić information content (AvgIpc) is 3.08. The molecule has 1 heterocycles. The monoisotopic (exact) mass is 403 g/mol.